The molecule has 0 saturated heterocycles. The first-order valence-corrected chi connectivity index (χ1v) is 11.1. The van der Waals surface area contributed by atoms with E-state index in [4.69, 9.17) is 0 Å². The van der Waals surface area contributed by atoms with Gasteiger partial charge in [0.2, 0.25) is 0 Å². The summed E-state index contributed by atoms with van der Waals surface area (Å²) in [7, 11) is 0. The number of aromatic nitrogens is 1. The molecule has 28 heavy (non-hydrogen) atoms. The zero-order valence-corrected chi connectivity index (χ0v) is 16.9. The van der Waals surface area contributed by atoms with E-state index in [9.17, 15) is 9.18 Å². The Kier molecular flexibility index (Phi) is 6.23. The van der Waals surface area contributed by atoms with Gasteiger partial charge in [0.05, 0.1) is 10.2 Å². The van der Waals surface area contributed by atoms with Crippen LogP contribution >= 0.6 is 11.3 Å². The second-order valence-corrected chi connectivity index (χ2v) is 8.87. The average Bonchev–Trinajstić information content (AvgIpc) is 3.09. The van der Waals surface area contributed by atoms with Crippen LogP contribution in [0.15, 0.2) is 47.3 Å². The molecular formula is C23H27FN2OS. The maximum Gasteiger partial charge on any atom is 0.305 e. The third-order valence-corrected chi connectivity index (χ3v) is 6.73. The van der Waals surface area contributed by atoms with E-state index in [2.05, 4.69) is 22.4 Å². The van der Waals surface area contributed by atoms with Gasteiger partial charge in [-0.15, -0.1) is 0 Å². The van der Waals surface area contributed by atoms with Crippen molar-refractivity contribution in [3.8, 4) is 0 Å². The van der Waals surface area contributed by atoms with Crippen LogP contribution in [0, 0.1) is 5.82 Å². The van der Waals surface area contributed by atoms with Gasteiger partial charge in [-0.1, -0.05) is 29.5 Å². The summed E-state index contributed by atoms with van der Waals surface area (Å²) >= 11 is 1.30. The van der Waals surface area contributed by atoms with Gasteiger partial charge in [-0.3, -0.25) is 4.79 Å². The lowest BCUT2D eigenvalue weighted by atomic mass is 9.81. The smallest absolute Gasteiger partial charge is 0.305 e. The second kappa shape index (κ2) is 9.01. The van der Waals surface area contributed by atoms with Gasteiger partial charge in [-0.05, 0) is 92.8 Å². The largest absolute Gasteiger partial charge is 0.314 e. The average molecular weight is 399 g/mol. The Bertz CT molecular complexity index is 955. The SMILES string of the molecule is O=c1[nH]c2ccc(C3CCC(NCCCCc4ccc(F)cc4)CC3)cc2s1. The summed E-state index contributed by atoms with van der Waals surface area (Å²) in [5, 5.41) is 3.72. The third-order valence-electron chi connectivity index (χ3n) is 5.88. The highest BCUT2D eigenvalue weighted by molar-refractivity contribution is 7.16. The number of halogens is 1. The van der Waals surface area contributed by atoms with Gasteiger partial charge >= 0.3 is 4.87 Å². The van der Waals surface area contributed by atoms with E-state index in [0.29, 0.717) is 12.0 Å². The Balaban J connectivity index is 1.17. The van der Waals surface area contributed by atoms with E-state index < -0.39 is 0 Å². The van der Waals surface area contributed by atoms with Crippen molar-refractivity contribution >= 4 is 21.6 Å². The standard InChI is InChI=1S/C23H27FN2OS/c24-19-9-4-16(5-10-19)3-1-2-14-25-20-11-6-17(7-12-20)18-8-13-21-22(15-18)28-23(27)26-21/h4-5,8-10,13,15,17,20,25H,1-3,6-7,11-12,14H2,(H,26,27). The van der Waals surface area contributed by atoms with Crippen LogP contribution < -0.4 is 10.2 Å². The van der Waals surface area contributed by atoms with Gasteiger partial charge in [0.25, 0.3) is 0 Å². The maximum atomic E-state index is 12.9. The minimum absolute atomic E-state index is 0.0273. The molecule has 1 heterocycles. The minimum atomic E-state index is -0.162. The molecule has 1 fully saturated rings. The molecule has 0 atom stereocenters. The number of hydrogen-bond acceptors (Lipinski definition) is 3. The predicted octanol–water partition coefficient (Wildman–Crippen LogP) is 5.37. The highest BCUT2D eigenvalue weighted by Crippen LogP contribution is 2.34. The number of rotatable bonds is 7. The molecule has 1 aliphatic rings. The van der Waals surface area contributed by atoms with Crippen LogP contribution in [-0.2, 0) is 6.42 Å². The number of unbranched alkanes of at least 4 members (excludes halogenated alkanes) is 1. The lowest BCUT2D eigenvalue weighted by molar-refractivity contribution is 0.341. The monoisotopic (exact) mass is 398 g/mol. The maximum absolute atomic E-state index is 12.9. The topological polar surface area (TPSA) is 44.9 Å². The Labute approximate surface area is 169 Å². The molecule has 0 spiro atoms. The van der Waals surface area contributed by atoms with E-state index in [1.54, 1.807) is 12.1 Å². The molecule has 3 aromatic rings. The number of hydrogen-bond donors (Lipinski definition) is 2. The van der Waals surface area contributed by atoms with Gasteiger partial charge < -0.3 is 10.3 Å². The molecule has 4 rings (SSSR count). The van der Waals surface area contributed by atoms with Crippen molar-refractivity contribution in [3.05, 3.63) is 69.1 Å². The number of nitrogens with one attached hydrogen (secondary N) is 2. The van der Waals surface area contributed by atoms with E-state index in [0.717, 1.165) is 36.0 Å². The normalized spacial score (nSPS) is 19.9. The van der Waals surface area contributed by atoms with Crippen LogP contribution in [-0.4, -0.2) is 17.6 Å². The zero-order chi connectivity index (χ0) is 19.3. The first-order valence-electron chi connectivity index (χ1n) is 10.3. The van der Waals surface area contributed by atoms with Crippen LogP contribution in [0.1, 0.15) is 55.6 Å². The summed E-state index contributed by atoms with van der Waals surface area (Å²) in [4.78, 5) is 14.4. The van der Waals surface area contributed by atoms with Crippen LogP contribution in [0.5, 0.6) is 0 Å². The number of fused-ring (bicyclic) bond motifs is 1. The Morgan fingerprint density at radius 1 is 1.04 bits per heavy atom. The highest BCUT2D eigenvalue weighted by Gasteiger charge is 2.22. The Hall–Kier alpha value is -1.98. The lowest BCUT2D eigenvalue weighted by Gasteiger charge is -2.29. The van der Waals surface area contributed by atoms with Crippen LogP contribution in [0.25, 0.3) is 10.2 Å². The van der Waals surface area contributed by atoms with E-state index in [1.807, 2.05) is 18.2 Å². The van der Waals surface area contributed by atoms with Crippen molar-refractivity contribution in [1.29, 1.82) is 0 Å². The molecule has 0 unspecified atom stereocenters. The Morgan fingerprint density at radius 2 is 1.82 bits per heavy atom. The molecule has 3 nitrogen and oxygen atoms in total. The van der Waals surface area contributed by atoms with Gasteiger partial charge in [0.15, 0.2) is 0 Å². The molecule has 1 saturated carbocycles. The molecule has 5 heteroatoms. The molecule has 0 radical (unpaired) electrons. The van der Waals surface area contributed by atoms with Crippen molar-refractivity contribution in [1.82, 2.24) is 10.3 Å². The van der Waals surface area contributed by atoms with Crippen molar-refractivity contribution in [2.75, 3.05) is 6.54 Å². The van der Waals surface area contributed by atoms with Crippen LogP contribution in [0.2, 0.25) is 0 Å². The predicted molar refractivity (Wildman–Crippen MR) is 115 cm³/mol. The van der Waals surface area contributed by atoms with Crippen molar-refractivity contribution in [3.63, 3.8) is 0 Å². The van der Waals surface area contributed by atoms with Crippen molar-refractivity contribution in [2.45, 2.75) is 56.9 Å². The Morgan fingerprint density at radius 3 is 2.61 bits per heavy atom. The second-order valence-electron chi connectivity index (χ2n) is 7.86. The van der Waals surface area contributed by atoms with E-state index in [1.165, 1.54) is 48.1 Å². The molecule has 0 aliphatic heterocycles. The summed E-state index contributed by atoms with van der Waals surface area (Å²) in [6.07, 6.45) is 8.14. The fraction of sp³-hybridized carbons (Fsp3) is 0.435. The first-order chi connectivity index (χ1) is 13.7. The number of H-pyrrole nitrogens is 1. The number of benzene rings is 2. The fourth-order valence-corrected chi connectivity index (χ4v) is 5.04. The number of aryl methyl sites for hydroxylation is 1. The van der Waals surface area contributed by atoms with Crippen molar-refractivity contribution < 1.29 is 4.39 Å². The molecule has 0 amide bonds. The summed E-state index contributed by atoms with van der Waals surface area (Å²) < 4.78 is 14.0. The van der Waals surface area contributed by atoms with Crippen molar-refractivity contribution in [2.24, 2.45) is 0 Å². The third kappa shape index (κ3) is 4.89. The molecule has 2 aromatic carbocycles. The highest BCUT2D eigenvalue weighted by atomic mass is 32.1. The van der Waals surface area contributed by atoms with E-state index >= 15 is 0 Å². The van der Waals surface area contributed by atoms with Gasteiger partial charge in [0, 0.05) is 6.04 Å². The van der Waals surface area contributed by atoms with Gasteiger partial charge in [-0.2, -0.15) is 0 Å². The molecule has 1 aromatic heterocycles. The molecule has 0 bridgehead atoms. The summed E-state index contributed by atoms with van der Waals surface area (Å²) in [5.41, 5.74) is 3.54. The van der Waals surface area contributed by atoms with Crippen LogP contribution in [0.4, 0.5) is 4.39 Å². The quantitative estimate of drug-likeness (QED) is 0.526. The summed E-state index contributed by atoms with van der Waals surface area (Å²) in [5.74, 6) is 0.447. The zero-order valence-electron chi connectivity index (χ0n) is 16.0. The number of aromatic amines is 1. The lowest BCUT2D eigenvalue weighted by Crippen LogP contribution is -2.33. The first kappa shape index (κ1) is 19.3. The summed E-state index contributed by atoms with van der Waals surface area (Å²) in [6.45, 7) is 1.06. The number of thiazole rings is 1. The van der Waals surface area contributed by atoms with E-state index in [-0.39, 0.29) is 10.7 Å². The molecule has 2 N–H and O–H groups in total. The minimum Gasteiger partial charge on any atom is -0.314 e. The van der Waals surface area contributed by atoms with Crippen LogP contribution in [0.3, 0.4) is 0 Å². The fourth-order valence-electron chi connectivity index (χ4n) is 4.26. The summed E-state index contributed by atoms with van der Waals surface area (Å²) in [6, 6.07) is 13.9. The van der Waals surface area contributed by atoms with Gasteiger partial charge in [-0.25, -0.2) is 4.39 Å². The van der Waals surface area contributed by atoms with Gasteiger partial charge in [0.1, 0.15) is 5.82 Å². The molecule has 1 aliphatic carbocycles. The molecule has 148 valence electrons. The molecular weight excluding hydrogens is 371 g/mol.